The maximum Gasteiger partial charge on any atom is 0.142 e. The van der Waals surface area contributed by atoms with E-state index in [9.17, 15) is 9.50 Å². The van der Waals surface area contributed by atoms with Crippen LogP contribution in [0, 0.1) is 40.3 Å². The predicted octanol–water partition coefficient (Wildman–Crippen LogP) is 5.23. The first kappa shape index (κ1) is 16.9. The molecule has 4 aliphatic rings. The largest absolute Gasteiger partial charge is 0.393 e. The highest BCUT2D eigenvalue weighted by atomic mass is 19.1. The molecule has 1 N–H and O–H groups in total. The monoisotopic (exact) mass is 355 g/mol. The standard InChI is InChI=1S/C23H30FNO/c1-22-8-7-21-18(4-3-15-10-17(26)11-23(15,21)2)20(22)6-5-19(22)14-9-16(24)13-25-12-14/h5,9,12-13,15,17-18,20-21,26H,3-4,6-8,10-11H2,1-2H3/t15?,17?,18?,20?,21?,22-,23+/m1/s1. The summed E-state index contributed by atoms with van der Waals surface area (Å²) >= 11 is 0. The number of pyridine rings is 1. The van der Waals surface area contributed by atoms with Crippen LogP contribution in [0.25, 0.3) is 5.57 Å². The number of rotatable bonds is 1. The summed E-state index contributed by atoms with van der Waals surface area (Å²) in [6.45, 7) is 4.88. The average molecular weight is 355 g/mol. The summed E-state index contributed by atoms with van der Waals surface area (Å²) in [6.07, 6.45) is 13.6. The molecule has 0 spiro atoms. The van der Waals surface area contributed by atoms with Gasteiger partial charge in [-0.15, -0.1) is 0 Å². The summed E-state index contributed by atoms with van der Waals surface area (Å²) in [5.41, 5.74) is 2.78. The molecule has 1 aromatic heterocycles. The summed E-state index contributed by atoms with van der Waals surface area (Å²) in [7, 11) is 0. The van der Waals surface area contributed by atoms with Crippen LogP contribution in [-0.2, 0) is 0 Å². The second-order valence-corrected chi connectivity index (χ2v) is 9.95. The molecule has 3 heteroatoms. The molecule has 2 nitrogen and oxygen atoms in total. The fourth-order valence-electron chi connectivity index (χ4n) is 7.73. The highest BCUT2D eigenvalue weighted by Crippen LogP contribution is 2.68. The number of aromatic nitrogens is 1. The van der Waals surface area contributed by atoms with E-state index < -0.39 is 0 Å². The van der Waals surface area contributed by atoms with E-state index in [2.05, 4.69) is 24.9 Å². The minimum atomic E-state index is -0.239. The van der Waals surface area contributed by atoms with E-state index in [0.717, 1.165) is 36.7 Å². The number of fused-ring (bicyclic) bond motifs is 5. The van der Waals surface area contributed by atoms with Gasteiger partial charge in [-0.3, -0.25) is 4.98 Å². The predicted molar refractivity (Wildman–Crippen MR) is 101 cm³/mol. The quantitative estimate of drug-likeness (QED) is 0.748. The van der Waals surface area contributed by atoms with E-state index in [-0.39, 0.29) is 17.3 Å². The van der Waals surface area contributed by atoms with Crippen molar-refractivity contribution in [2.75, 3.05) is 0 Å². The Kier molecular flexibility index (Phi) is 3.67. The lowest BCUT2D eigenvalue weighted by Crippen LogP contribution is -2.49. The minimum absolute atomic E-state index is 0.0901. The van der Waals surface area contributed by atoms with Gasteiger partial charge in [0, 0.05) is 6.20 Å². The van der Waals surface area contributed by atoms with Gasteiger partial charge in [0.25, 0.3) is 0 Å². The van der Waals surface area contributed by atoms with Crippen LogP contribution >= 0.6 is 0 Å². The molecule has 0 aromatic carbocycles. The first-order chi connectivity index (χ1) is 12.4. The van der Waals surface area contributed by atoms with Crippen LogP contribution in [0.5, 0.6) is 0 Å². The molecule has 5 rings (SSSR count). The van der Waals surface area contributed by atoms with Crippen LogP contribution in [0.15, 0.2) is 24.5 Å². The van der Waals surface area contributed by atoms with E-state index >= 15 is 0 Å². The first-order valence-corrected chi connectivity index (χ1v) is 10.4. The maximum absolute atomic E-state index is 13.8. The molecule has 0 saturated heterocycles. The molecular weight excluding hydrogens is 325 g/mol. The second kappa shape index (κ2) is 5.64. The Hall–Kier alpha value is -1.22. The Labute approximate surface area is 155 Å². The fraction of sp³-hybridized carbons (Fsp3) is 0.696. The molecule has 1 aromatic rings. The van der Waals surface area contributed by atoms with Crippen LogP contribution in [0.1, 0.15) is 64.4 Å². The Morgan fingerprint density at radius 1 is 1.15 bits per heavy atom. The molecule has 0 radical (unpaired) electrons. The summed E-state index contributed by atoms with van der Waals surface area (Å²) in [5, 5.41) is 10.3. The van der Waals surface area contributed by atoms with Crippen molar-refractivity contribution in [3.63, 3.8) is 0 Å². The lowest BCUT2D eigenvalue weighted by atomic mass is 9.47. The molecule has 7 atom stereocenters. The van der Waals surface area contributed by atoms with E-state index in [1.165, 1.54) is 37.5 Å². The number of halogens is 1. The third-order valence-electron chi connectivity index (χ3n) is 8.89. The number of aliphatic hydroxyl groups excluding tert-OH is 1. The molecule has 1 heterocycles. The number of hydrogen-bond donors (Lipinski definition) is 1. The zero-order valence-corrected chi connectivity index (χ0v) is 15.9. The number of allylic oxidation sites excluding steroid dienone is 2. The van der Waals surface area contributed by atoms with Crippen LogP contribution in [0.4, 0.5) is 4.39 Å². The molecule has 3 fully saturated rings. The van der Waals surface area contributed by atoms with Gasteiger partial charge in [-0.25, -0.2) is 4.39 Å². The second-order valence-electron chi connectivity index (χ2n) is 9.95. The number of nitrogens with zero attached hydrogens (tertiary/aromatic N) is 1. The maximum atomic E-state index is 13.8. The van der Waals surface area contributed by atoms with E-state index in [1.54, 1.807) is 6.07 Å². The Morgan fingerprint density at radius 3 is 2.81 bits per heavy atom. The van der Waals surface area contributed by atoms with Crippen molar-refractivity contribution >= 4 is 5.57 Å². The first-order valence-electron chi connectivity index (χ1n) is 10.4. The summed E-state index contributed by atoms with van der Waals surface area (Å²) in [4.78, 5) is 4.10. The lowest BCUT2D eigenvalue weighted by Gasteiger charge is -2.57. The SMILES string of the molecule is C[C@]12CC(O)CC1CCC1C2CC[C@]2(C)C(c3cncc(F)c3)=CCC12. The van der Waals surface area contributed by atoms with Gasteiger partial charge >= 0.3 is 0 Å². The van der Waals surface area contributed by atoms with Crippen molar-refractivity contribution in [2.24, 2.45) is 34.5 Å². The van der Waals surface area contributed by atoms with Crippen molar-refractivity contribution in [3.8, 4) is 0 Å². The van der Waals surface area contributed by atoms with Crippen molar-refractivity contribution in [1.82, 2.24) is 4.98 Å². The Bertz CT molecular complexity index is 760. The van der Waals surface area contributed by atoms with Gasteiger partial charge in [0.1, 0.15) is 5.82 Å². The lowest BCUT2D eigenvalue weighted by molar-refractivity contribution is -0.0657. The number of hydrogen-bond acceptors (Lipinski definition) is 2. The van der Waals surface area contributed by atoms with Gasteiger partial charge in [-0.1, -0.05) is 19.9 Å². The minimum Gasteiger partial charge on any atom is -0.393 e. The van der Waals surface area contributed by atoms with Crippen molar-refractivity contribution in [1.29, 1.82) is 0 Å². The van der Waals surface area contributed by atoms with Gasteiger partial charge in [-0.2, -0.15) is 0 Å². The van der Waals surface area contributed by atoms with Crippen molar-refractivity contribution < 1.29 is 9.50 Å². The smallest absolute Gasteiger partial charge is 0.142 e. The summed E-state index contributed by atoms with van der Waals surface area (Å²) < 4.78 is 13.8. The van der Waals surface area contributed by atoms with Gasteiger partial charge in [0.2, 0.25) is 0 Å². The zero-order chi connectivity index (χ0) is 18.1. The Balaban J connectivity index is 1.46. The molecule has 140 valence electrons. The van der Waals surface area contributed by atoms with Crippen molar-refractivity contribution in [3.05, 3.63) is 35.9 Å². The van der Waals surface area contributed by atoms with Gasteiger partial charge < -0.3 is 5.11 Å². The van der Waals surface area contributed by atoms with Crippen LogP contribution < -0.4 is 0 Å². The summed E-state index contributed by atoms with van der Waals surface area (Å²) in [5.74, 6) is 2.63. The molecule has 26 heavy (non-hydrogen) atoms. The van der Waals surface area contributed by atoms with E-state index in [0.29, 0.717) is 17.3 Å². The van der Waals surface area contributed by atoms with Gasteiger partial charge in [0.05, 0.1) is 12.3 Å². The van der Waals surface area contributed by atoms with E-state index in [4.69, 9.17) is 0 Å². The number of aliphatic hydroxyl groups is 1. The fourth-order valence-corrected chi connectivity index (χ4v) is 7.73. The van der Waals surface area contributed by atoms with Crippen LogP contribution in [-0.4, -0.2) is 16.2 Å². The molecule has 5 unspecified atom stereocenters. The Morgan fingerprint density at radius 2 is 2.00 bits per heavy atom. The average Bonchev–Trinajstić information content (AvgIpc) is 3.10. The zero-order valence-electron chi connectivity index (χ0n) is 15.9. The van der Waals surface area contributed by atoms with E-state index in [1.807, 2.05) is 6.20 Å². The third-order valence-corrected chi connectivity index (χ3v) is 8.89. The van der Waals surface area contributed by atoms with Gasteiger partial charge in [-0.05, 0) is 96.7 Å². The molecule has 4 aliphatic carbocycles. The van der Waals surface area contributed by atoms with Crippen molar-refractivity contribution in [2.45, 2.75) is 64.9 Å². The van der Waals surface area contributed by atoms with Crippen LogP contribution in [0.2, 0.25) is 0 Å². The molecule has 3 saturated carbocycles. The highest BCUT2D eigenvalue weighted by Gasteiger charge is 2.59. The highest BCUT2D eigenvalue weighted by molar-refractivity contribution is 5.72. The third kappa shape index (κ3) is 2.22. The van der Waals surface area contributed by atoms with Crippen LogP contribution in [0.3, 0.4) is 0 Å². The summed E-state index contributed by atoms with van der Waals surface area (Å²) in [6, 6.07) is 1.66. The molecule has 0 amide bonds. The molecular formula is C23H30FNO. The molecule has 0 bridgehead atoms. The van der Waals surface area contributed by atoms with Gasteiger partial charge in [0.15, 0.2) is 0 Å². The topological polar surface area (TPSA) is 33.1 Å². The molecule has 0 aliphatic heterocycles. The normalized spacial score (nSPS) is 47.1.